The van der Waals surface area contributed by atoms with E-state index in [-0.39, 0.29) is 44.1 Å². The fourth-order valence-corrected chi connectivity index (χ4v) is 4.61. The van der Waals surface area contributed by atoms with Crippen molar-refractivity contribution in [3.63, 3.8) is 0 Å². The SMILES string of the molecule is NCC(=O)N[C@@H](CCCN=C(N)N)C(=O)NCC(=O)N[C@@H](CC(=O)O)C(=O)N[C@@H](CO)C(=O)N1CCC[C@H]1C(=O)N[C@@H](CS)C(=O)O.O=C(O)C(F)(F)F. The summed E-state index contributed by atoms with van der Waals surface area (Å²) in [4.78, 5) is 112. The van der Waals surface area contributed by atoms with Gasteiger partial charge in [0.2, 0.25) is 35.4 Å². The van der Waals surface area contributed by atoms with Crippen molar-refractivity contribution < 1.29 is 76.7 Å². The highest BCUT2D eigenvalue weighted by Crippen LogP contribution is 2.19. The molecule has 0 bridgehead atoms. The van der Waals surface area contributed by atoms with E-state index in [0.717, 1.165) is 4.90 Å². The van der Waals surface area contributed by atoms with E-state index < -0.39 is 116 Å². The Kier molecular flexibility index (Phi) is 21.6. The van der Waals surface area contributed by atoms with Crippen LogP contribution in [0, 0.1) is 0 Å². The number of amides is 6. The normalized spacial score (nSPS) is 15.7. The second-order valence-corrected chi connectivity index (χ2v) is 11.4. The number of guanidine groups is 1. The summed E-state index contributed by atoms with van der Waals surface area (Å²) in [6.45, 7) is -1.96. The van der Waals surface area contributed by atoms with Gasteiger partial charge in [0.25, 0.3) is 0 Å². The van der Waals surface area contributed by atoms with Gasteiger partial charge in [-0.3, -0.25) is 38.6 Å². The first-order valence-electron chi connectivity index (χ1n) is 15.6. The van der Waals surface area contributed by atoms with E-state index in [9.17, 15) is 66.8 Å². The summed E-state index contributed by atoms with van der Waals surface area (Å²) in [6.07, 6.45) is -5.19. The first-order valence-corrected chi connectivity index (χ1v) is 16.2. The fourth-order valence-electron chi connectivity index (χ4n) is 4.36. The molecule has 0 unspecified atom stereocenters. The van der Waals surface area contributed by atoms with E-state index in [2.05, 4.69) is 44.2 Å². The lowest BCUT2D eigenvalue weighted by Crippen LogP contribution is -2.59. The number of likely N-dealkylation sites (tertiary alicyclic amines) is 1. The molecule has 0 aliphatic carbocycles. The molecule has 23 nitrogen and oxygen atoms in total. The molecule has 1 saturated heterocycles. The van der Waals surface area contributed by atoms with Gasteiger partial charge in [-0.05, 0) is 25.7 Å². The second kappa shape index (κ2) is 24.0. The highest BCUT2D eigenvalue weighted by atomic mass is 32.1. The summed E-state index contributed by atoms with van der Waals surface area (Å²) in [5.41, 5.74) is 15.8. The lowest BCUT2D eigenvalue weighted by molar-refractivity contribution is -0.192. The molecule has 1 heterocycles. The number of nitrogens with one attached hydrogen (secondary N) is 5. The fraction of sp³-hybridized carbons (Fsp3) is 0.630. The zero-order chi connectivity index (χ0) is 41.8. The predicted octanol–water partition coefficient (Wildman–Crippen LogP) is -5.84. The second-order valence-electron chi connectivity index (χ2n) is 11.0. The van der Waals surface area contributed by atoms with Crippen molar-refractivity contribution in [2.45, 2.75) is 68.5 Å². The number of aliphatic hydroxyl groups is 1. The van der Waals surface area contributed by atoms with Gasteiger partial charge in [-0.1, -0.05) is 0 Å². The molecular weight excluding hydrogens is 761 g/mol. The molecule has 0 aromatic heterocycles. The first kappa shape index (κ1) is 48.6. The number of halogens is 3. The number of carbonyl (C=O) groups is 9. The van der Waals surface area contributed by atoms with E-state index in [1.54, 1.807) is 0 Å². The van der Waals surface area contributed by atoms with E-state index >= 15 is 0 Å². The molecule has 15 N–H and O–H groups in total. The maximum absolute atomic E-state index is 13.2. The molecule has 0 aromatic rings. The van der Waals surface area contributed by atoms with E-state index in [1.165, 1.54) is 0 Å². The Balaban J connectivity index is 0.00000363. The van der Waals surface area contributed by atoms with Crippen LogP contribution in [0.4, 0.5) is 13.2 Å². The maximum Gasteiger partial charge on any atom is 0.490 e. The van der Waals surface area contributed by atoms with Crippen molar-refractivity contribution in [1.29, 1.82) is 0 Å². The van der Waals surface area contributed by atoms with E-state index in [4.69, 9.17) is 27.1 Å². The van der Waals surface area contributed by atoms with E-state index in [1.807, 2.05) is 0 Å². The number of aliphatic imine (C=N–C) groups is 1. The van der Waals surface area contributed by atoms with Crippen LogP contribution in [0.5, 0.6) is 0 Å². The van der Waals surface area contributed by atoms with Crippen LogP contribution in [-0.2, 0) is 43.2 Å². The van der Waals surface area contributed by atoms with Gasteiger partial charge in [0.05, 0.1) is 26.1 Å². The van der Waals surface area contributed by atoms with Crippen molar-refractivity contribution in [3.05, 3.63) is 0 Å². The number of nitrogens with two attached hydrogens (primary N) is 3. The van der Waals surface area contributed by atoms with Crippen LogP contribution in [0.2, 0.25) is 0 Å². The van der Waals surface area contributed by atoms with Crippen LogP contribution in [0.3, 0.4) is 0 Å². The molecule has 27 heteroatoms. The van der Waals surface area contributed by atoms with Gasteiger partial charge >= 0.3 is 24.1 Å². The Hall–Kier alpha value is -5.44. The summed E-state index contributed by atoms with van der Waals surface area (Å²) in [6, 6.07) is -7.00. The van der Waals surface area contributed by atoms with E-state index in [0.29, 0.717) is 6.42 Å². The number of carboxylic acids is 3. The molecule has 1 aliphatic rings. The van der Waals surface area contributed by atoms with Gasteiger partial charge in [-0.15, -0.1) is 0 Å². The third kappa shape index (κ3) is 18.4. The number of aliphatic carboxylic acids is 3. The minimum atomic E-state index is -5.08. The quantitative estimate of drug-likeness (QED) is 0.0236. The van der Waals surface area contributed by atoms with Gasteiger partial charge in [-0.2, -0.15) is 25.8 Å². The standard InChI is InChI=1S/C25H42N10O11S.C2HF3O2/c26-8-17(37)31-12(3-1-5-29-25(27)28)20(41)30-9-18(38)32-13(7-19(39)40)21(42)33-14(10-36)23(44)35-6-2-4-16(35)22(43)34-15(11-47)24(45)46;3-2(4,5)1(6)7/h12-16,36,47H,1-11,26H2,(H,30,41)(H,31,37)(H,32,38)(H,33,42)(H,34,43)(H,39,40)(H,45,46)(H4,27,28,29);(H,6,7)/t12-,13-,14-,15-,16-;/m0./s1. The molecule has 6 amide bonds. The minimum absolute atomic E-state index is 0.0396. The van der Waals surface area contributed by atoms with Gasteiger partial charge < -0.3 is 69.1 Å². The topological polar surface area (TPSA) is 388 Å². The Morgan fingerprint density at radius 3 is 1.94 bits per heavy atom. The monoisotopic (exact) mass is 804 g/mol. The number of rotatable bonds is 20. The van der Waals surface area contributed by atoms with Crippen LogP contribution in [-0.4, -0.2) is 160 Å². The number of aliphatic hydroxyl groups excluding tert-OH is 1. The average molecular weight is 805 g/mol. The molecule has 5 atom stereocenters. The first-order chi connectivity index (χ1) is 25.1. The largest absolute Gasteiger partial charge is 0.490 e. The van der Waals surface area contributed by atoms with Crippen molar-refractivity contribution >= 4 is 71.9 Å². The van der Waals surface area contributed by atoms with Gasteiger partial charge in [0.1, 0.15) is 30.2 Å². The van der Waals surface area contributed by atoms with Crippen LogP contribution in [0.1, 0.15) is 32.1 Å². The Morgan fingerprint density at radius 1 is 0.870 bits per heavy atom. The maximum atomic E-state index is 13.2. The molecule has 0 saturated carbocycles. The molecule has 1 fully saturated rings. The summed E-state index contributed by atoms with van der Waals surface area (Å²) in [5.74, 6) is -11.3. The molecule has 0 aromatic carbocycles. The number of carbonyl (C=O) groups excluding carboxylic acids is 6. The summed E-state index contributed by atoms with van der Waals surface area (Å²) < 4.78 is 31.7. The Bertz CT molecular complexity index is 1400. The van der Waals surface area contributed by atoms with Crippen molar-refractivity contribution in [2.24, 2.45) is 22.2 Å². The molecule has 0 radical (unpaired) electrons. The smallest absolute Gasteiger partial charge is 0.481 e. The third-order valence-electron chi connectivity index (χ3n) is 6.91. The van der Waals surface area contributed by atoms with Gasteiger partial charge in [-0.25, -0.2) is 9.59 Å². The van der Waals surface area contributed by atoms with Gasteiger partial charge in [0.15, 0.2) is 5.96 Å². The van der Waals surface area contributed by atoms with Crippen molar-refractivity contribution in [1.82, 2.24) is 31.5 Å². The Morgan fingerprint density at radius 2 is 1.46 bits per heavy atom. The highest BCUT2D eigenvalue weighted by molar-refractivity contribution is 7.80. The van der Waals surface area contributed by atoms with Gasteiger partial charge in [0, 0.05) is 18.8 Å². The molecule has 54 heavy (non-hydrogen) atoms. The number of hydrogen-bond acceptors (Lipinski definition) is 13. The molecule has 306 valence electrons. The number of nitrogens with zero attached hydrogens (tertiary/aromatic N) is 2. The molecule has 0 spiro atoms. The van der Waals surface area contributed by atoms with Crippen molar-refractivity contribution in [2.75, 3.05) is 38.5 Å². The number of carboxylic acid groups (broad SMARTS) is 3. The zero-order valence-electron chi connectivity index (χ0n) is 28.3. The van der Waals surface area contributed by atoms with Crippen molar-refractivity contribution in [3.8, 4) is 0 Å². The zero-order valence-corrected chi connectivity index (χ0v) is 29.2. The van der Waals surface area contributed by atoms with Crippen LogP contribution >= 0.6 is 12.6 Å². The summed E-state index contributed by atoms with van der Waals surface area (Å²) in [7, 11) is 0. The lowest BCUT2D eigenvalue weighted by Gasteiger charge is -2.29. The van der Waals surface area contributed by atoms with Crippen LogP contribution in [0.25, 0.3) is 0 Å². The number of alkyl halides is 3. The summed E-state index contributed by atoms with van der Waals surface area (Å²) >= 11 is 3.88. The summed E-state index contributed by atoms with van der Waals surface area (Å²) in [5, 5.41) is 46.6. The number of thiol groups is 1. The third-order valence-corrected chi connectivity index (χ3v) is 7.28. The van der Waals surface area contributed by atoms with Crippen LogP contribution < -0.4 is 43.8 Å². The van der Waals surface area contributed by atoms with Crippen LogP contribution in [0.15, 0.2) is 4.99 Å². The molecular formula is C27H43F3N10O13S. The highest BCUT2D eigenvalue weighted by Gasteiger charge is 2.40. The molecule has 1 aliphatic heterocycles. The predicted molar refractivity (Wildman–Crippen MR) is 179 cm³/mol. The lowest BCUT2D eigenvalue weighted by atomic mass is 10.1. The molecule has 1 rings (SSSR count). The average Bonchev–Trinajstić information content (AvgIpc) is 3.58. The Labute approximate surface area is 309 Å². The minimum Gasteiger partial charge on any atom is -0.481 e. The number of hydrogen-bond donors (Lipinski definition) is 13.